The molecule has 2 heterocycles. The van der Waals surface area contributed by atoms with Gasteiger partial charge in [-0.25, -0.2) is 13.1 Å². The van der Waals surface area contributed by atoms with Crippen molar-refractivity contribution >= 4 is 21.4 Å². The van der Waals surface area contributed by atoms with Crippen LogP contribution < -0.4 is 4.72 Å². The Morgan fingerprint density at radius 3 is 2.76 bits per heavy atom. The van der Waals surface area contributed by atoms with Crippen molar-refractivity contribution in [2.45, 2.75) is 37.0 Å². The van der Waals surface area contributed by atoms with E-state index in [1.807, 2.05) is 13.8 Å². The van der Waals surface area contributed by atoms with Gasteiger partial charge in [-0.15, -0.1) is 0 Å². The van der Waals surface area contributed by atoms with Gasteiger partial charge in [0.25, 0.3) is 0 Å². The molecule has 0 amide bonds. The zero-order valence-electron chi connectivity index (χ0n) is 12.2. The lowest BCUT2D eigenvalue weighted by Gasteiger charge is -2.24. The third-order valence-electron chi connectivity index (χ3n) is 3.73. The molecule has 1 aromatic rings. The van der Waals surface area contributed by atoms with Crippen LogP contribution in [-0.4, -0.2) is 62.9 Å². The summed E-state index contributed by atoms with van der Waals surface area (Å²) >= 11 is 1.32. The highest BCUT2D eigenvalue weighted by Crippen LogP contribution is 2.19. The molecule has 3 atom stereocenters. The maximum absolute atomic E-state index is 12.2. The molecule has 0 radical (unpaired) electrons. The van der Waals surface area contributed by atoms with E-state index in [-0.39, 0.29) is 17.6 Å². The largest absolute Gasteiger partial charge is 0.389 e. The van der Waals surface area contributed by atoms with Gasteiger partial charge in [0.2, 0.25) is 10.0 Å². The smallest absolute Gasteiger partial charge is 0.241 e. The Balaban J connectivity index is 1.97. The van der Waals surface area contributed by atoms with E-state index in [1.54, 1.807) is 16.8 Å². The van der Waals surface area contributed by atoms with Crippen molar-refractivity contribution in [1.29, 1.82) is 0 Å². The van der Waals surface area contributed by atoms with Crippen molar-refractivity contribution in [3.05, 3.63) is 16.8 Å². The second-order valence-electron chi connectivity index (χ2n) is 5.04. The molecule has 1 aliphatic heterocycles. The molecule has 1 fully saturated rings. The molecular weight excluding hydrogens is 312 g/mol. The van der Waals surface area contributed by atoms with Gasteiger partial charge in [-0.3, -0.25) is 0 Å². The molecule has 120 valence electrons. The minimum Gasteiger partial charge on any atom is -0.389 e. The zero-order chi connectivity index (χ0) is 15.5. The van der Waals surface area contributed by atoms with E-state index in [2.05, 4.69) is 9.62 Å². The number of thiophene rings is 1. The second kappa shape index (κ2) is 7.17. The predicted molar refractivity (Wildman–Crippen MR) is 82.0 cm³/mol. The third kappa shape index (κ3) is 4.02. The highest BCUT2D eigenvalue weighted by Gasteiger charge is 2.38. The monoisotopic (exact) mass is 334 g/mol. The summed E-state index contributed by atoms with van der Waals surface area (Å²) in [5, 5.41) is 13.5. The van der Waals surface area contributed by atoms with E-state index in [0.29, 0.717) is 6.54 Å². The van der Waals surface area contributed by atoms with Crippen molar-refractivity contribution in [1.82, 2.24) is 9.62 Å². The van der Waals surface area contributed by atoms with Crippen LogP contribution in [0.2, 0.25) is 0 Å². The maximum Gasteiger partial charge on any atom is 0.241 e. The van der Waals surface area contributed by atoms with Crippen LogP contribution in [0.3, 0.4) is 0 Å². The second-order valence-corrected chi connectivity index (χ2v) is 7.53. The van der Waals surface area contributed by atoms with Crippen molar-refractivity contribution in [3.63, 3.8) is 0 Å². The number of nitrogens with one attached hydrogen (secondary N) is 1. The van der Waals surface area contributed by atoms with Crippen LogP contribution in [0.5, 0.6) is 0 Å². The fraction of sp³-hybridized carbons (Fsp3) is 0.692. The molecular formula is C13H22N2O4S2. The van der Waals surface area contributed by atoms with Crippen LogP contribution in [-0.2, 0) is 14.8 Å². The van der Waals surface area contributed by atoms with Crippen LogP contribution >= 0.6 is 11.3 Å². The number of hydrogen-bond donors (Lipinski definition) is 2. The van der Waals surface area contributed by atoms with Crippen LogP contribution in [0, 0.1) is 0 Å². The Kier molecular flexibility index (Phi) is 5.75. The highest BCUT2D eigenvalue weighted by atomic mass is 32.2. The summed E-state index contributed by atoms with van der Waals surface area (Å²) in [6.07, 6.45) is -1.20. The van der Waals surface area contributed by atoms with Crippen LogP contribution in [0.25, 0.3) is 0 Å². The average Bonchev–Trinajstić information content (AvgIpc) is 3.09. The van der Waals surface area contributed by atoms with Crippen LogP contribution in [0.1, 0.15) is 13.8 Å². The van der Waals surface area contributed by atoms with Gasteiger partial charge >= 0.3 is 0 Å². The first kappa shape index (κ1) is 16.9. The number of hydrogen-bond acceptors (Lipinski definition) is 6. The Morgan fingerprint density at radius 1 is 1.48 bits per heavy atom. The molecule has 21 heavy (non-hydrogen) atoms. The summed E-state index contributed by atoms with van der Waals surface area (Å²) in [5.74, 6) is 0. The molecule has 0 saturated carbocycles. The van der Waals surface area contributed by atoms with Gasteiger partial charge in [0.15, 0.2) is 0 Å². The van der Waals surface area contributed by atoms with Gasteiger partial charge in [0, 0.05) is 11.9 Å². The normalized spacial score (nSPS) is 26.6. The standard InChI is InChI=1S/C13H22N2O4S2/c1-3-15(4-2)7-12-13(16)11(8-19-12)14-21(17,18)10-5-6-20-9-10/h5-6,9,11-14,16H,3-4,7-8H2,1-2H3/t11-,12-,13+/m0/s1. The van der Waals surface area contributed by atoms with Gasteiger partial charge < -0.3 is 14.7 Å². The minimum atomic E-state index is -3.59. The van der Waals surface area contributed by atoms with E-state index in [1.165, 1.54) is 11.3 Å². The van der Waals surface area contributed by atoms with E-state index >= 15 is 0 Å². The number of rotatable bonds is 7. The average molecular weight is 334 g/mol. The number of sulfonamides is 1. The summed E-state index contributed by atoms with van der Waals surface area (Å²) in [5.41, 5.74) is 0. The first-order chi connectivity index (χ1) is 9.97. The number of aliphatic hydroxyl groups excluding tert-OH is 1. The number of ether oxygens (including phenoxy) is 1. The van der Waals surface area contributed by atoms with Gasteiger partial charge in [-0.2, -0.15) is 11.3 Å². The fourth-order valence-corrected chi connectivity index (χ4v) is 4.62. The van der Waals surface area contributed by atoms with Crippen LogP contribution in [0.4, 0.5) is 0 Å². The van der Waals surface area contributed by atoms with E-state index in [9.17, 15) is 13.5 Å². The number of nitrogens with zero attached hydrogens (tertiary/aromatic N) is 1. The Labute approximate surface area is 129 Å². The van der Waals surface area contributed by atoms with Crippen molar-refractivity contribution in [3.8, 4) is 0 Å². The Bertz CT molecular complexity index is 528. The Morgan fingerprint density at radius 2 is 2.19 bits per heavy atom. The molecule has 0 bridgehead atoms. The van der Waals surface area contributed by atoms with Crippen molar-refractivity contribution < 1.29 is 18.3 Å². The first-order valence-electron chi connectivity index (χ1n) is 7.04. The lowest BCUT2D eigenvalue weighted by Crippen LogP contribution is -2.46. The van der Waals surface area contributed by atoms with Gasteiger partial charge in [-0.1, -0.05) is 13.8 Å². The summed E-state index contributed by atoms with van der Waals surface area (Å²) in [6, 6.07) is 0.943. The summed E-state index contributed by atoms with van der Waals surface area (Å²) in [6.45, 7) is 6.62. The SMILES string of the molecule is CCN(CC)C[C@@H]1OC[C@H](NS(=O)(=O)c2ccsc2)[C@H]1O. The lowest BCUT2D eigenvalue weighted by molar-refractivity contribution is 0.0175. The van der Waals surface area contributed by atoms with Crippen molar-refractivity contribution in [2.24, 2.45) is 0 Å². The molecule has 0 aromatic carbocycles. The molecule has 0 aliphatic carbocycles. The van der Waals surface area contributed by atoms with E-state index < -0.39 is 22.2 Å². The fourth-order valence-electron chi connectivity index (χ4n) is 2.36. The molecule has 1 aromatic heterocycles. The molecule has 6 nitrogen and oxygen atoms in total. The molecule has 2 N–H and O–H groups in total. The quantitative estimate of drug-likeness (QED) is 0.759. The molecule has 0 spiro atoms. The molecule has 8 heteroatoms. The first-order valence-corrected chi connectivity index (χ1v) is 9.47. The van der Waals surface area contributed by atoms with Crippen LogP contribution in [0.15, 0.2) is 21.7 Å². The molecule has 2 rings (SSSR count). The van der Waals surface area contributed by atoms with Gasteiger partial charge in [-0.05, 0) is 24.5 Å². The number of likely N-dealkylation sites (N-methyl/N-ethyl adjacent to an activating group) is 1. The van der Waals surface area contributed by atoms with Gasteiger partial charge in [0.05, 0.1) is 29.8 Å². The summed E-state index contributed by atoms with van der Waals surface area (Å²) < 4.78 is 32.4. The molecule has 0 unspecified atom stereocenters. The molecule has 1 aliphatic rings. The maximum atomic E-state index is 12.2. The van der Waals surface area contributed by atoms with E-state index in [0.717, 1.165) is 13.1 Å². The minimum absolute atomic E-state index is 0.191. The van der Waals surface area contributed by atoms with Gasteiger partial charge in [0.1, 0.15) is 0 Å². The zero-order valence-corrected chi connectivity index (χ0v) is 13.9. The Hall–Kier alpha value is -0.510. The predicted octanol–water partition coefficient (Wildman–Crippen LogP) is 0.496. The summed E-state index contributed by atoms with van der Waals surface area (Å²) in [4.78, 5) is 2.37. The number of aliphatic hydroxyl groups is 1. The molecule has 1 saturated heterocycles. The van der Waals surface area contributed by atoms with Crippen molar-refractivity contribution in [2.75, 3.05) is 26.2 Å². The third-order valence-corrected chi connectivity index (χ3v) is 6.05. The lowest BCUT2D eigenvalue weighted by atomic mass is 10.1. The van der Waals surface area contributed by atoms with E-state index in [4.69, 9.17) is 4.74 Å². The highest BCUT2D eigenvalue weighted by molar-refractivity contribution is 7.89. The summed E-state index contributed by atoms with van der Waals surface area (Å²) in [7, 11) is -3.59. The topological polar surface area (TPSA) is 78.9 Å².